The molecule has 9 heteroatoms. The second-order valence-electron chi connectivity index (χ2n) is 6.10. The number of ether oxygens (including phenoxy) is 2. The van der Waals surface area contributed by atoms with E-state index in [1.54, 1.807) is 0 Å². The van der Waals surface area contributed by atoms with Crippen molar-refractivity contribution in [1.29, 1.82) is 0 Å². The van der Waals surface area contributed by atoms with E-state index in [9.17, 15) is 23.1 Å². The summed E-state index contributed by atoms with van der Waals surface area (Å²) in [7, 11) is 1.35. The van der Waals surface area contributed by atoms with E-state index < -0.39 is 17.7 Å². The Morgan fingerprint density at radius 1 is 1.21 bits per heavy atom. The molecule has 1 heterocycles. The molecule has 1 aromatic heterocycles. The molecule has 29 heavy (non-hydrogen) atoms. The molecule has 0 unspecified atom stereocenters. The quantitative estimate of drug-likeness (QED) is 0.759. The first kappa shape index (κ1) is 20.2. The fourth-order valence-electron chi connectivity index (χ4n) is 2.67. The van der Waals surface area contributed by atoms with Crippen LogP contribution in [0, 0.1) is 0 Å². The maximum Gasteiger partial charge on any atom is 0.416 e. The number of aromatic nitrogens is 1. The summed E-state index contributed by atoms with van der Waals surface area (Å²) in [5.41, 5.74) is -0.545. The van der Waals surface area contributed by atoms with E-state index in [2.05, 4.69) is 10.3 Å². The number of benzene rings is 1. The minimum absolute atomic E-state index is 0.113. The molecule has 152 valence electrons. The van der Waals surface area contributed by atoms with Crippen LogP contribution < -0.4 is 14.8 Å². The maximum atomic E-state index is 12.8. The zero-order valence-corrected chi connectivity index (χ0v) is 15.3. The number of aromatic hydroxyl groups is 1. The summed E-state index contributed by atoms with van der Waals surface area (Å²) in [5, 5.41) is 12.5. The molecule has 3 rings (SSSR count). The van der Waals surface area contributed by atoms with Crippen LogP contribution in [-0.2, 0) is 0 Å². The topological polar surface area (TPSA) is 80.7 Å². The number of nitrogens with one attached hydrogen (secondary N) is 1. The zero-order chi connectivity index (χ0) is 21.0. The third kappa shape index (κ3) is 4.87. The van der Waals surface area contributed by atoms with E-state index in [-0.39, 0.29) is 29.4 Å². The van der Waals surface area contributed by atoms with Crippen LogP contribution in [0.15, 0.2) is 60.0 Å². The number of hydrogen-bond acceptors (Lipinski definition) is 5. The summed E-state index contributed by atoms with van der Waals surface area (Å²) < 4.78 is 48.9. The van der Waals surface area contributed by atoms with Gasteiger partial charge < -0.3 is 19.9 Å². The number of anilines is 1. The van der Waals surface area contributed by atoms with Crippen LogP contribution in [0.2, 0.25) is 0 Å². The smallest absolute Gasteiger partial charge is 0.416 e. The molecule has 0 aliphatic heterocycles. The Balaban J connectivity index is 1.67. The highest BCUT2D eigenvalue weighted by atomic mass is 19.4. The minimum Gasteiger partial charge on any atom is -0.503 e. The van der Waals surface area contributed by atoms with Gasteiger partial charge in [-0.15, -0.1) is 0 Å². The number of amides is 1. The van der Waals surface area contributed by atoms with Crippen LogP contribution in [0.3, 0.4) is 0 Å². The van der Waals surface area contributed by atoms with Gasteiger partial charge in [-0.2, -0.15) is 13.2 Å². The number of halogens is 3. The van der Waals surface area contributed by atoms with Crippen molar-refractivity contribution in [3.8, 4) is 17.2 Å². The van der Waals surface area contributed by atoms with Gasteiger partial charge in [0.1, 0.15) is 11.5 Å². The monoisotopic (exact) mass is 406 g/mol. The van der Waals surface area contributed by atoms with Crippen LogP contribution in [-0.4, -0.2) is 29.3 Å². The van der Waals surface area contributed by atoms with Crippen molar-refractivity contribution < 1.29 is 32.5 Å². The van der Waals surface area contributed by atoms with Gasteiger partial charge in [-0.05, 0) is 36.8 Å². The average Bonchev–Trinajstić information content (AvgIpc) is 2.69. The zero-order valence-electron chi connectivity index (χ0n) is 15.3. The molecule has 2 aromatic rings. The van der Waals surface area contributed by atoms with Crippen molar-refractivity contribution in [3.05, 3.63) is 65.7 Å². The van der Waals surface area contributed by atoms with Crippen molar-refractivity contribution in [1.82, 2.24) is 4.98 Å². The van der Waals surface area contributed by atoms with Crippen LogP contribution in [0.1, 0.15) is 23.3 Å². The van der Waals surface area contributed by atoms with Crippen molar-refractivity contribution in [2.75, 3.05) is 12.4 Å². The molecule has 0 saturated heterocycles. The number of alkyl halides is 3. The van der Waals surface area contributed by atoms with Gasteiger partial charge in [0.05, 0.1) is 12.7 Å². The van der Waals surface area contributed by atoms with Gasteiger partial charge in [-0.25, -0.2) is 4.98 Å². The molecule has 6 nitrogen and oxygen atoms in total. The predicted molar refractivity (Wildman–Crippen MR) is 98.9 cm³/mol. The van der Waals surface area contributed by atoms with Crippen LogP contribution in [0.5, 0.6) is 17.2 Å². The van der Waals surface area contributed by atoms with Crippen LogP contribution in [0.25, 0.3) is 0 Å². The van der Waals surface area contributed by atoms with Gasteiger partial charge in [0.15, 0.2) is 17.2 Å². The van der Waals surface area contributed by atoms with Gasteiger partial charge >= 0.3 is 6.18 Å². The van der Waals surface area contributed by atoms with Gasteiger partial charge in [-0.1, -0.05) is 6.08 Å². The largest absolute Gasteiger partial charge is 0.503 e. The maximum absolute atomic E-state index is 12.8. The molecule has 0 spiro atoms. The highest BCUT2D eigenvalue weighted by Gasteiger charge is 2.33. The van der Waals surface area contributed by atoms with Crippen molar-refractivity contribution in [3.63, 3.8) is 0 Å². The summed E-state index contributed by atoms with van der Waals surface area (Å²) in [6, 6.07) is 7.49. The Hall–Kier alpha value is -3.49. The lowest BCUT2D eigenvalue weighted by Crippen LogP contribution is -2.14. The van der Waals surface area contributed by atoms with Crippen LogP contribution >= 0.6 is 0 Å². The number of methoxy groups -OCH3 is 1. The Labute approximate surface area is 164 Å². The van der Waals surface area contributed by atoms with E-state index >= 15 is 0 Å². The molecule has 1 aliphatic rings. The second kappa shape index (κ2) is 8.26. The Kier molecular flexibility index (Phi) is 5.76. The van der Waals surface area contributed by atoms with Crippen molar-refractivity contribution in [2.24, 2.45) is 0 Å². The molecule has 0 atom stereocenters. The third-order valence-electron chi connectivity index (χ3n) is 4.08. The first-order valence-corrected chi connectivity index (χ1v) is 8.57. The predicted octanol–water partition coefficient (Wildman–Crippen LogP) is 4.59. The van der Waals surface area contributed by atoms with Gasteiger partial charge in [0.2, 0.25) is 0 Å². The summed E-state index contributed by atoms with van der Waals surface area (Å²) in [4.78, 5) is 16.1. The number of rotatable bonds is 5. The van der Waals surface area contributed by atoms with Crippen molar-refractivity contribution in [2.45, 2.75) is 19.0 Å². The standard InChI is InChI=1S/C20H17F3N2O4/c1-28-16-9-10-24-17(18(16)26)19(27)25-13-5-7-14(8-6-13)29-15-4-2-3-12(11-15)20(21,22)23/h3,5-11,26H,2,4H2,1H3,(H,25,27). The Morgan fingerprint density at radius 3 is 2.59 bits per heavy atom. The van der Waals surface area contributed by atoms with Gasteiger partial charge in [0, 0.05) is 24.4 Å². The molecule has 0 bridgehead atoms. The lowest BCUT2D eigenvalue weighted by molar-refractivity contribution is -0.0889. The number of allylic oxidation sites excluding steroid dienone is 4. The summed E-state index contributed by atoms with van der Waals surface area (Å²) in [5.74, 6) is -0.376. The molecule has 0 saturated carbocycles. The average molecular weight is 406 g/mol. The molecular weight excluding hydrogens is 389 g/mol. The molecule has 2 N–H and O–H groups in total. The molecule has 1 aromatic carbocycles. The number of pyridine rings is 1. The lowest BCUT2D eigenvalue weighted by Gasteiger charge is -2.17. The summed E-state index contributed by atoms with van der Waals surface area (Å²) in [6.45, 7) is 0. The van der Waals surface area contributed by atoms with E-state index in [0.29, 0.717) is 17.9 Å². The number of nitrogens with zero attached hydrogens (tertiary/aromatic N) is 1. The Morgan fingerprint density at radius 2 is 1.93 bits per heavy atom. The van der Waals surface area contributed by atoms with Gasteiger partial charge in [-0.3, -0.25) is 4.79 Å². The SMILES string of the molecule is COc1ccnc(C(=O)Nc2ccc(OC3=CC(C(F)(F)F)=CCC3)cc2)c1O. The van der Waals surface area contributed by atoms with Gasteiger partial charge in [0.25, 0.3) is 5.91 Å². The first-order chi connectivity index (χ1) is 13.8. The summed E-state index contributed by atoms with van der Waals surface area (Å²) >= 11 is 0. The number of hydrogen-bond donors (Lipinski definition) is 2. The van der Waals surface area contributed by atoms with Crippen LogP contribution in [0.4, 0.5) is 18.9 Å². The highest BCUT2D eigenvalue weighted by Crippen LogP contribution is 2.33. The molecular formula is C20H17F3N2O4. The summed E-state index contributed by atoms with van der Waals surface area (Å²) in [6.07, 6.45) is -0.372. The number of carbonyl (C=O) groups excluding carboxylic acids is 1. The minimum atomic E-state index is -4.41. The van der Waals surface area contributed by atoms with E-state index in [1.807, 2.05) is 0 Å². The molecule has 0 fully saturated rings. The second-order valence-corrected chi connectivity index (χ2v) is 6.10. The van der Waals surface area contributed by atoms with E-state index in [4.69, 9.17) is 9.47 Å². The van der Waals surface area contributed by atoms with E-state index in [1.165, 1.54) is 43.6 Å². The fraction of sp³-hybridized carbons (Fsp3) is 0.200. The fourth-order valence-corrected chi connectivity index (χ4v) is 2.67. The normalized spacial score (nSPS) is 13.9. The third-order valence-corrected chi connectivity index (χ3v) is 4.08. The number of carbonyl (C=O) groups is 1. The van der Waals surface area contributed by atoms with E-state index in [0.717, 1.165) is 12.2 Å². The molecule has 1 amide bonds. The Bertz CT molecular complexity index is 967. The molecule has 1 aliphatic carbocycles. The lowest BCUT2D eigenvalue weighted by atomic mass is 10.1. The first-order valence-electron chi connectivity index (χ1n) is 8.57. The van der Waals surface area contributed by atoms with Crippen molar-refractivity contribution >= 4 is 11.6 Å². The highest BCUT2D eigenvalue weighted by molar-refractivity contribution is 6.05. The molecule has 0 radical (unpaired) electrons.